The van der Waals surface area contributed by atoms with Crippen molar-refractivity contribution >= 4 is 0 Å². The van der Waals surface area contributed by atoms with Crippen LogP contribution >= 0.6 is 0 Å². The summed E-state index contributed by atoms with van der Waals surface area (Å²) in [6.45, 7) is 7.15. The number of nitrogens with one attached hydrogen (secondary N) is 1. The molecular formula is C14H21F2N. The maximum atomic E-state index is 13.4. The second kappa shape index (κ2) is 6.70. The predicted molar refractivity (Wildman–Crippen MR) is 67.0 cm³/mol. The van der Waals surface area contributed by atoms with Gasteiger partial charge in [0.25, 0.3) is 0 Å². The lowest BCUT2D eigenvalue weighted by atomic mass is 9.96. The summed E-state index contributed by atoms with van der Waals surface area (Å²) < 4.78 is 26.9. The summed E-state index contributed by atoms with van der Waals surface area (Å²) in [5.41, 5.74) is 0.205. The van der Waals surface area contributed by atoms with Crippen LogP contribution in [0.25, 0.3) is 0 Å². The maximum Gasteiger partial charge on any atom is 0.129 e. The molecule has 0 bridgehead atoms. The first-order valence-electron chi connectivity index (χ1n) is 6.22. The first-order valence-corrected chi connectivity index (χ1v) is 6.22. The predicted octanol–water partition coefficient (Wildman–Crippen LogP) is 3.53. The number of rotatable bonds is 6. The molecule has 1 rings (SSSR count). The topological polar surface area (TPSA) is 12.0 Å². The van der Waals surface area contributed by atoms with Gasteiger partial charge in [0.15, 0.2) is 0 Å². The molecule has 1 unspecified atom stereocenters. The molecule has 0 amide bonds. The Morgan fingerprint density at radius 2 is 1.76 bits per heavy atom. The van der Waals surface area contributed by atoms with E-state index in [0.717, 1.165) is 13.0 Å². The highest BCUT2D eigenvalue weighted by Gasteiger charge is 2.15. The Morgan fingerprint density at radius 3 is 2.24 bits per heavy atom. The Morgan fingerprint density at radius 1 is 1.18 bits per heavy atom. The van der Waals surface area contributed by atoms with Crippen LogP contribution in [-0.4, -0.2) is 12.6 Å². The van der Waals surface area contributed by atoms with Gasteiger partial charge in [0.1, 0.15) is 11.6 Å². The zero-order chi connectivity index (χ0) is 12.8. The van der Waals surface area contributed by atoms with Gasteiger partial charge in [-0.3, -0.25) is 0 Å². The van der Waals surface area contributed by atoms with Crippen molar-refractivity contribution in [2.45, 2.75) is 39.7 Å². The summed E-state index contributed by atoms with van der Waals surface area (Å²) in [6, 6.07) is 4.34. The molecule has 0 aromatic heterocycles. The quantitative estimate of drug-likeness (QED) is 0.803. The number of benzene rings is 1. The summed E-state index contributed by atoms with van der Waals surface area (Å²) >= 11 is 0. The zero-order valence-corrected chi connectivity index (χ0v) is 10.8. The van der Waals surface area contributed by atoms with E-state index in [-0.39, 0.29) is 5.56 Å². The average Bonchev–Trinajstić information content (AvgIpc) is 2.26. The van der Waals surface area contributed by atoms with E-state index < -0.39 is 11.6 Å². The van der Waals surface area contributed by atoms with Crippen molar-refractivity contribution in [3.63, 3.8) is 0 Å². The molecule has 1 aromatic rings. The summed E-state index contributed by atoms with van der Waals surface area (Å²) in [5.74, 6) is -0.419. The van der Waals surface area contributed by atoms with Crippen molar-refractivity contribution in [3.05, 3.63) is 35.4 Å². The fourth-order valence-corrected chi connectivity index (χ4v) is 2.00. The van der Waals surface area contributed by atoms with Crippen molar-refractivity contribution in [3.8, 4) is 0 Å². The van der Waals surface area contributed by atoms with Crippen LogP contribution in [-0.2, 0) is 6.42 Å². The van der Waals surface area contributed by atoms with E-state index in [1.807, 2.05) is 6.92 Å². The largest absolute Gasteiger partial charge is 0.314 e. The van der Waals surface area contributed by atoms with Gasteiger partial charge in [0, 0.05) is 11.6 Å². The van der Waals surface area contributed by atoms with Crippen LogP contribution in [0.3, 0.4) is 0 Å². The smallest absolute Gasteiger partial charge is 0.129 e. The second-order valence-corrected chi connectivity index (χ2v) is 4.65. The van der Waals surface area contributed by atoms with Crippen molar-refractivity contribution in [1.82, 2.24) is 5.32 Å². The van der Waals surface area contributed by atoms with Gasteiger partial charge in [0.05, 0.1) is 0 Å². The van der Waals surface area contributed by atoms with E-state index in [0.29, 0.717) is 18.4 Å². The van der Waals surface area contributed by atoms with Crippen LogP contribution in [0.2, 0.25) is 0 Å². The minimum Gasteiger partial charge on any atom is -0.314 e. The molecule has 1 N–H and O–H groups in total. The van der Waals surface area contributed by atoms with Gasteiger partial charge in [-0.1, -0.05) is 26.8 Å². The molecule has 0 aliphatic rings. The standard InChI is InChI=1S/C14H21F2N/c1-4-17-14(10(2)3)9-8-11-12(15)6-5-7-13(11)16/h5-7,10,14,17H,4,8-9H2,1-3H3. The SMILES string of the molecule is CCNC(CCc1c(F)cccc1F)C(C)C. The zero-order valence-electron chi connectivity index (χ0n) is 10.8. The van der Waals surface area contributed by atoms with Crippen LogP contribution in [0.15, 0.2) is 18.2 Å². The molecular weight excluding hydrogens is 220 g/mol. The molecule has 1 aromatic carbocycles. The third kappa shape index (κ3) is 4.08. The Bertz CT molecular complexity index is 330. The van der Waals surface area contributed by atoms with Crippen LogP contribution < -0.4 is 5.32 Å². The van der Waals surface area contributed by atoms with Crippen molar-refractivity contribution in [2.24, 2.45) is 5.92 Å². The summed E-state index contributed by atoms with van der Waals surface area (Å²) in [7, 11) is 0. The molecule has 0 fully saturated rings. The Hall–Kier alpha value is -0.960. The van der Waals surface area contributed by atoms with Crippen molar-refractivity contribution in [1.29, 1.82) is 0 Å². The second-order valence-electron chi connectivity index (χ2n) is 4.65. The third-order valence-electron chi connectivity index (χ3n) is 3.04. The van der Waals surface area contributed by atoms with E-state index in [1.54, 1.807) is 0 Å². The Kier molecular flexibility index (Phi) is 5.56. The minimum atomic E-state index is -0.441. The molecule has 0 heterocycles. The Labute approximate surface area is 102 Å². The van der Waals surface area contributed by atoms with Gasteiger partial charge >= 0.3 is 0 Å². The highest BCUT2D eigenvalue weighted by Crippen LogP contribution is 2.17. The minimum absolute atomic E-state index is 0.205. The molecule has 0 aliphatic carbocycles. The molecule has 0 radical (unpaired) electrons. The fourth-order valence-electron chi connectivity index (χ4n) is 2.00. The van der Waals surface area contributed by atoms with E-state index >= 15 is 0 Å². The normalized spacial score (nSPS) is 13.1. The third-order valence-corrected chi connectivity index (χ3v) is 3.04. The molecule has 1 nitrogen and oxygen atoms in total. The molecule has 0 aliphatic heterocycles. The highest BCUT2D eigenvalue weighted by atomic mass is 19.1. The van der Waals surface area contributed by atoms with Gasteiger partial charge in [-0.2, -0.15) is 0 Å². The number of halogens is 2. The molecule has 17 heavy (non-hydrogen) atoms. The van der Waals surface area contributed by atoms with Gasteiger partial charge in [0.2, 0.25) is 0 Å². The summed E-state index contributed by atoms with van der Waals surface area (Å²) in [4.78, 5) is 0. The monoisotopic (exact) mass is 241 g/mol. The fraction of sp³-hybridized carbons (Fsp3) is 0.571. The van der Waals surface area contributed by atoms with E-state index in [1.165, 1.54) is 18.2 Å². The summed E-state index contributed by atoms with van der Waals surface area (Å²) in [6.07, 6.45) is 1.19. The van der Waals surface area contributed by atoms with Crippen LogP contribution in [0, 0.1) is 17.6 Å². The molecule has 0 spiro atoms. The first-order chi connectivity index (χ1) is 8.06. The van der Waals surface area contributed by atoms with E-state index in [2.05, 4.69) is 19.2 Å². The number of hydrogen-bond acceptors (Lipinski definition) is 1. The van der Waals surface area contributed by atoms with Crippen molar-refractivity contribution in [2.75, 3.05) is 6.54 Å². The van der Waals surface area contributed by atoms with Crippen LogP contribution in [0.4, 0.5) is 8.78 Å². The molecule has 3 heteroatoms. The van der Waals surface area contributed by atoms with Gasteiger partial charge in [-0.05, 0) is 37.4 Å². The van der Waals surface area contributed by atoms with Gasteiger partial charge in [-0.25, -0.2) is 8.78 Å². The van der Waals surface area contributed by atoms with Crippen molar-refractivity contribution < 1.29 is 8.78 Å². The Balaban J connectivity index is 2.65. The van der Waals surface area contributed by atoms with Crippen LogP contribution in [0.1, 0.15) is 32.8 Å². The maximum absolute atomic E-state index is 13.4. The van der Waals surface area contributed by atoms with E-state index in [9.17, 15) is 8.78 Å². The molecule has 0 saturated carbocycles. The summed E-state index contributed by atoms with van der Waals surface area (Å²) in [5, 5.41) is 3.35. The van der Waals surface area contributed by atoms with Gasteiger partial charge in [-0.15, -0.1) is 0 Å². The lowest BCUT2D eigenvalue weighted by molar-refractivity contribution is 0.381. The first kappa shape index (κ1) is 14.1. The number of hydrogen-bond donors (Lipinski definition) is 1. The highest BCUT2D eigenvalue weighted by molar-refractivity contribution is 5.19. The lowest BCUT2D eigenvalue weighted by Crippen LogP contribution is -2.34. The molecule has 96 valence electrons. The van der Waals surface area contributed by atoms with Crippen LogP contribution in [0.5, 0.6) is 0 Å². The van der Waals surface area contributed by atoms with E-state index in [4.69, 9.17) is 0 Å². The average molecular weight is 241 g/mol. The van der Waals surface area contributed by atoms with Gasteiger partial charge < -0.3 is 5.32 Å². The molecule has 1 atom stereocenters. The lowest BCUT2D eigenvalue weighted by Gasteiger charge is -2.21. The molecule has 0 saturated heterocycles.